The number of ether oxygens (including phenoxy) is 1. The van der Waals surface area contributed by atoms with Crippen LogP contribution in [0, 0.1) is 5.82 Å². The van der Waals surface area contributed by atoms with Gasteiger partial charge in [0.05, 0.1) is 6.20 Å². The molecule has 0 atom stereocenters. The lowest BCUT2D eigenvalue weighted by Crippen LogP contribution is -2.50. The van der Waals surface area contributed by atoms with Crippen molar-refractivity contribution >= 4 is 35.1 Å². The van der Waals surface area contributed by atoms with Gasteiger partial charge in [0.15, 0.2) is 11.6 Å². The first-order valence-electron chi connectivity index (χ1n) is 12.2. The number of hydrogen-bond donors (Lipinski definition) is 1. The molecule has 3 heterocycles. The zero-order chi connectivity index (χ0) is 25.9. The minimum Gasteiger partial charge on any atom is -0.444 e. The van der Waals surface area contributed by atoms with E-state index in [1.807, 2.05) is 54.8 Å². The summed E-state index contributed by atoms with van der Waals surface area (Å²) in [5, 5.41) is 3.14. The molecular formula is C25H34FN7O3. The Hall–Kier alpha value is -3.63. The number of rotatable bonds is 4. The van der Waals surface area contributed by atoms with Crippen molar-refractivity contribution in [3.8, 4) is 0 Å². The van der Waals surface area contributed by atoms with Crippen LogP contribution in [-0.2, 0) is 9.53 Å². The van der Waals surface area contributed by atoms with E-state index in [4.69, 9.17) is 4.74 Å². The van der Waals surface area contributed by atoms with E-state index in [9.17, 15) is 14.0 Å². The van der Waals surface area contributed by atoms with E-state index in [-0.39, 0.29) is 17.8 Å². The third-order valence-electron chi connectivity index (χ3n) is 6.17. The summed E-state index contributed by atoms with van der Waals surface area (Å²) in [5.41, 5.74) is 1.30. The summed E-state index contributed by atoms with van der Waals surface area (Å²) in [5.74, 6) is 0.101. The van der Waals surface area contributed by atoms with Gasteiger partial charge in [0, 0.05) is 70.7 Å². The van der Waals surface area contributed by atoms with Crippen LogP contribution in [0.2, 0.25) is 0 Å². The SMILES string of the molecule is CC(=O)N1CCN(c2ccc(Nc3ncc(F)c(N4CCN(C(=O)OC(C)(C)C)CC4)n3)cc2)CC1. The van der Waals surface area contributed by atoms with Gasteiger partial charge in [0.25, 0.3) is 0 Å². The highest BCUT2D eigenvalue weighted by atomic mass is 19.1. The maximum absolute atomic E-state index is 14.6. The predicted molar refractivity (Wildman–Crippen MR) is 136 cm³/mol. The summed E-state index contributed by atoms with van der Waals surface area (Å²) in [7, 11) is 0. The van der Waals surface area contributed by atoms with Gasteiger partial charge >= 0.3 is 6.09 Å². The van der Waals surface area contributed by atoms with Gasteiger partial charge in [-0.2, -0.15) is 4.98 Å². The van der Waals surface area contributed by atoms with Gasteiger partial charge in [-0.05, 0) is 45.0 Å². The van der Waals surface area contributed by atoms with Gasteiger partial charge in [0.2, 0.25) is 11.9 Å². The highest BCUT2D eigenvalue weighted by molar-refractivity contribution is 5.73. The number of carbonyl (C=O) groups is 2. The summed E-state index contributed by atoms with van der Waals surface area (Å²) in [6, 6.07) is 7.87. The Labute approximate surface area is 211 Å². The first-order valence-corrected chi connectivity index (χ1v) is 12.2. The van der Waals surface area contributed by atoms with Crippen LogP contribution in [-0.4, -0.2) is 89.7 Å². The normalized spacial score (nSPS) is 16.7. The molecule has 2 aliphatic heterocycles. The molecule has 1 aromatic carbocycles. The van der Waals surface area contributed by atoms with Gasteiger partial charge in [-0.15, -0.1) is 0 Å². The number of amides is 2. The highest BCUT2D eigenvalue weighted by Gasteiger charge is 2.27. The third-order valence-corrected chi connectivity index (χ3v) is 6.17. The first kappa shape index (κ1) is 25.5. The van der Waals surface area contributed by atoms with Crippen LogP contribution in [0.1, 0.15) is 27.7 Å². The van der Waals surface area contributed by atoms with Crippen LogP contribution in [0.4, 0.5) is 32.3 Å². The van der Waals surface area contributed by atoms with Crippen molar-refractivity contribution < 1.29 is 18.7 Å². The smallest absolute Gasteiger partial charge is 0.410 e. The lowest BCUT2D eigenvalue weighted by atomic mass is 10.2. The molecule has 0 saturated carbocycles. The largest absolute Gasteiger partial charge is 0.444 e. The van der Waals surface area contributed by atoms with E-state index in [0.29, 0.717) is 45.2 Å². The highest BCUT2D eigenvalue weighted by Crippen LogP contribution is 2.24. The van der Waals surface area contributed by atoms with Crippen molar-refractivity contribution in [3.05, 3.63) is 36.3 Å². The van der Waals surface area contributed by atoms with Gasteiger partial charge in [-0.25, -0.2) is 14.2 Å². The molecule has 0 radical (unpaired) electrons. The van der Waals surface area contributed by atoms with Crippen molar-refractivity contribution in [3.63, 3.8) is 0 Å². The van der Waals surface area contributed by atoms with Gasteiger partial charge in [-0.3, -0.25) is 4.79 Å². The van der Waals surface area contributed by atoms with E-state index < -0.39 is 11.4 Å². The van der Waals surface area contributed by atoms with Gasteiger partial charge in [-0.1, -0.05) is 0 Å². The van der Waals surface area contributed by atoms with Crippen LogP contribution >= 0.6 is 0 Å². The molecule has 2 saturated heterocycles. The fraction of sp³-hybridized carbons (Fsp3) is 0.520. The topological polar surface area (TPSA) is 94.1 Å². The lowest BCUT2D eigenvalue weighted by molar-refractivity contribution is -0.129. The number of nitrogens with zero attached hydrogens (tertiary/aromatic N) is 6. The quantitative estimate of drug-likeness (QED) is 0.686. The second kappa shape index (κ2) is 10.5. The van der Waals surface area contributed by atoms with Crippen LogP contribution in [0.25, 0.3) is 0 Å². The number of nitrogens with one attached hydrogen (secondary N) is 1. The second-order valence-electron chi connectivity index (χ2n) is 9.98. The molecule has 2 fully saturated rings. The van der Waals surface area contributed by atoms with E-state index >= 15 is 0 Å². The van der Waals surface area contributed by atoms with Crippen molar-refractivity contribution in [2.75, 3.05) is 67.5 Å². The van der Waals surface area contributed by atoms with Gasteiger partial charge in [0.1, 0.15) is 5.60 Å². The zero-order valence-electron chi connectivity index (χ0n) is 21.3. The predicted octanol–water partition coefficient (Wildman–Crippen LogP) is 3.08. The fourth-order valence-corrected chi connectivity index (χ4v) is 4.23. The summed E-state index contributed by atoms with van der Waals surface area (Å²) in [4.78, 5) is 39.9. The summed E-state index contributed by atoms with van der Waals surface area (Å²) in [6.45, 7) is 11.8. The number of benzene rings is 1. The molecule has 11 heteroatoms. The first-order chi connectivity index (χ1) is 17.1. The molecule has 10 nitrogen and oxygen atoms in total. The molecule has 2 aliphatic rings. The molecule has 0 unspecified atom stereocenters. The maximum Gasteiger partial charge on any atom is 0.410 e. The average Bonchev–Trinajstić information content (AvgIpc) is 2.85. The van der Waals surface area contributed by atoms with Gasteiger partial charge < -0.3 is 29.7 Å². The lowest BCUT2D eigenvalue weighted by Gasteiger charge is -2.36. The average molecular weight is 500 g/mol. The Morgan fingerprint density at radius 3 is 2.08 bits per heavy atom. The number of halogens is 1. The number of carbonyl (C=O) groups excluding carboxylic acids is 2. The fourth-order valence-electron chi connectivity index (χ4n) is 4.23. The number of anilines is 4. The summed E-state index contributed by atoms with van der Waals surface area (Å²) in [6.07, 6.45) is 0.796. The Balaban J connectivity index is 1.35. The van der Waals surface area contributed by atoms with Crippen molar-refractivity contribution in [1.29, 1.82) is 0 Å². The molecule has 0 bridgehead atoms. The third kappa shape index (κ3) is 6.32. The monoisotopic (exact) mass is 499 g/mol. The molecule has 0 aliphatic carbocycles. The van der Waals surface area contributed by atoms with E-state index in [2.05, 4.69) is 20.2 Å². The minimum atomic E-state index is -0.559. The molecule has 4 rings (SSSR count). The Morgan fingerprint density at radius 1 is 0.917 bits per heavy atom. The maximum atomic E-state index is 14.6. The number of aromatic nitrogens is 2. The second-order valence-corrected chi connectivity index (χ2v) is 9.98. The summed E-state index contributed by atoms with van der Waals surface area (Å²) < 4.78 is 20.0. The van der Waals surface area contributed by atoms with Crippen molar-refractivity contribution in [1.82, 2.24) is 19.8 Å². The number of hydrogen-bond acceptors (Lipinski definition) is 8. The molecule has 0 spiro atoms. The zero-order valence-corrected chi connectivity index (χ0v) is 21.3. The van der Waals surface area contributed by atoms with Crippen molar-refractivity contribution in [2.45, 2.75) is 33.3 Å². The molecule has 194 valence electrons. The van der Waals surface area contributed by atoms with Crippen LogP contribution < -0.4 is 15.1 Å². The standard InChI is InChI=1S/C25H34FN7O3/c1-18(34)30-9-11-31(12-10-30)20-7-5-19(6-8-20)28-23-27-17-21(26)22(29-23)32-13-15-33(16-14-32)24(35)36-25(2,3)4/h5-8,17H,9-16H2,1-4H3,(H,27,28,29). The molecule has 36 heavy (non-hydrogen) atoms. The van der Waals surface area contributed by atoms with E-state index in [0.717, 1.165) is 30.7 Å². The molecular weight excluding hydrogens is 465 g/mol. The molecule has 1 N–H and O–H groups in total. The Kier molecular flexibility index (Phi) is 7.46. The molecule has 1 aromatic heterocycles. The van der Waals surface area contributed by atoms with Crippen LogP contribution in [0.3, 0.4) is 0 Å². The van der Waals surface area contributed by atoms with E-state index in [1.54, 1.807) is 11.8 Å². The Morgan fingerprint density at radius 2 is 1.50 bits per heavy atom. The van der Waals surface area contributed by atoms with Crippen LogP contribution in [0.5, 0.6) is 0 Å². The van der Waals surface area contributed by atoms with E-state index in [1.165, 1.54) is 0 Å². The van der Waals surface area contributed by atoms with Crippen molar-refractivity contribution in [2.24, 2.45) is 0 Å². The summed E-state index contributed by atoms with van der Waals surface area (Å²) >= 11 is 0. The van der Waals surface area contributed by atoms with Crippen LogP contribution in [0.15, 0.2) is 30.5 Å². The minimum absolute atomic E-state index is 0.109. The molecule has 2 amide bonds. The Bertz CT molecular complexity index is 1070. The number of piperazine rings is 2. The molecule has 2 aromatic rings.